The fraction of sp³-hybridized carbons (Fsp3) is 0.917. The van der Waals surface area contributed by atoms with E-state index in [1.807, 2.05) is 11.8 Å². The number of ether oxygens (including phenoxy) is 1. The van der Waals surface area contributed by atoms with Gasteiger partial charge in [0.25, 0.3) is 0 Å². The maximum Gasteiger partial charge on any atom is 0.104 e. The second-order valence-corrected chi connectivity index (χ2v) is 7.20. The highest BCUT2D eigenvalue weighted by Crippen LogP contribution is 2.60. The molecule has 0 radical (unpaired) electrons. The first kappa shape index (κ1) is 11.3. The standard InChI is InChI=1S/C12H19NOS/c1-10(2)15-12(9-13)7-11(8-12)3-5-14-6-4-11/h10H,3-8H2,1-2H3. The summed E-state index contributed by atoms with van der Waals surface area (Å²) in [6.07, 6.45) is 4.50. The zero-order chi connectivity index (χ0) is 10.9. The highest BCUT2D eigenvalue weighted by atomic mass is 32.2. The quantitative estimate of drug-likeness (QED) is 0.724. The maximum absolute atomic E-state index is 9.30. The molecule has 1 heterocycles. The van der Waals surface area contributed by atoms with E-state index in [0.29, 0.717) is 10.7 Å². The molecule has 2 fully saturated rings. The summed E-state index contributed by atoms with van der Waals surface area (Å²) in [6.45, 7) is 6.15. The van der Waals surface area contributed by atoms with Crippen LogP contribution >= 0.6 is 11.8 Å². The fourth-order valence-electron chi connectivity index (χ4n) is 2.96. The van der Waals surface area contributed by atoms with Crippen LogP contribution in [0.3, 0.4) is 0 Å². The Labute approximate surface area is 96.4 Å². The second-order valence-electron chi connectivity index (χ2n) is 5.24. The molecule has 3 heteroatoms. The van der Waals surface area contributed by atoms with Gasteiger partial charge in [0.15, 0.2) is 0 Å². The highest BCUT2D eigenvalue weighted by Gasteiger charge is 2.55. The van der Waals surface area contributed by atoms with Crippen molar-refractivity contribution in [1.29, 1.82) is 5.26 Å². The molecule has 0 N–H and O–H groups in total. The van der Waals surface area contributed by atoms with Gasteiger partial charge in [-0.05, 0) is 31.1 Å². The molecule has 0 bridgehead atoms. The Hall–Kier alpha value is -0.200. The van der Waals surface area contributed by atoms with Crippen LogP contribution in [0.5, 0.6) is 0 Å². The third-order valence-corrected chi connectivity index (χ3v) is 4.84. The number of nitrogens with zero attached hydrogens (tertiary/aromatic N) is 1. The molecule has 1 aliphatic heterocycles. The predicted molar refractivity (Wildman–Crippen MR) is 62.8 cm³/mol. The van der Waals surface area contributed by atoms with E-state index >= 15 is 0 Å². The number of rotatable bonds is 2. The first-order chi connectivity index (χ1) is 7.10. The van der Waals surface area contributed by atoms with Crippen LogP contribution in [-0.2, 0) is 4.74 Å². The third kappa shape index (κ3) is 2.16. The summed E-state index contributed by atoms with van der Waals surface area (Å²) in [5.74, 6) is 0. The summed E-state index contributed by atoms with van der Waals surface area (Å²) in [6, 6.07) is 2.54. The van der Waals surface area contributed by atoms with E-state index in [1.165, 1.54) is 0 Å². The van der Waals surface area contributed by atoms with Crippen LogP contribution in [0.1, 0.15) is 39.5 Å². The Balaban J connectivity index is 1.96. The van der Waals surface area contributed by atoms with Gasteiger partial charge in [-0.3, -0.25) is 0 Å². The molecule has 0 aromatic rings. The molecule has 2 aliphatic rings. The molecule has 0 atom stereocenters. The predicted octanol–water partition coefficient (Wildman–Crippen LogP) is 2.98. The number of hydrogen-bond acceptors (Lipinski definition) is 3. The van der Waals surface area contributed by atoms with Crippen molar-refractivity contribution in [2.75, 3.05) is 13.2 Å². The van der Waals surface area contributed by atoms with Crippen molar-refractivity contribution in [3.8, 4) is 6.07 Å². The van der Waals surface area contributed by atoms with Crippen molar-refractivity contribution >= 4 is 11.8 Å². The zero-order valence-corrected chi connectivity index (χ0v) is 10.4. The second kappa shape index (κ2) is 3.99. The summed E-state index contributed by atoms with van der Waals surface area (Å²) >= 11 is 1.85. The monoisotopic (exact) mass is 225 g/mol. The van der Waals surface area contributed by atoms with Crippen LogP contribution in [0.2, 0.25) is 0 Å². The first-order valence-electron chi connectivity index (χ1n) is 5.77. The van der Waals surface area contributed by atoms with Gasteiger partial charge in [0.2, 0.25) is 0 Å². The van der Waals surface area contributed by atoms with E-state index in [1.54, 1.807) is 0 Å². The zero-order valence-electron chi connectivity index (χ0n) is 9.58. The van der Waals surface area contributed by atoms with E-state index < -0.39 is 0 Å². The van der Waals surface area contributed by atoms with Crippen molar-refractivity contribution in [3.63, 3.8) is 0 Å². The van der Waals surface area contributed by atoms with Crippen LogP contribution < -0.4 is 0 Å². The first-order valence-corrected chi connectivity index (χ1v) is 6.65. The number of nitriles is 1. The minimum Gasteiger partial charge on any atom is -0.381 e. The molecule has 2 nitrogen and oxygen atoms in total. The SMILES string of the molecule is CC(C)SC1(C#N)CC2(CCOCC2)C1. The van der Waals surface area contributed by atoms with Gasteiger partial charge < -0.3 is 4.74 Å². The minimum absolute atomic E-state index is 0.0779. The fourth-order valence-corrected chi connectivity index (χ4v) is 4.69. The lowest BCUT2D eigenvalue weighted by atomic mass is 9.58. The van der Waals surface area contributed by atoms with E-state index in [9.17, 15) is 5.26 Å². The molecule has 1 spiro atoms. The molecule has 0 unspecified atom stereocenters. The topological polar surface area (TPSA) is 33.0 Å². The molecule has 1 saturated heterocycles. The van der Waals surface area contributed by atoms with Crippen LogP contribution in [0.15, 0.2) is 0 Å². The molecular formula is C12H19NOS. The van der Waals surface area contributed by atoms with Crippen molar-refractivity contribution in [3.05, 3.63) is 0 Å². The maximum atomic E-state index is 9.30. The normalized spacial score (nSPS) is 27.3. The van der Waals surface area contributed by atoms with Crippen LogP contribution in [0, 0.1) is 16.7 Å². The van der Waals surface area contributed by atoms with E-state index in [-0.39, 0.29) is 4.75 Å². The van der Waals surface area contributed by atoms with Crippen LogP contribution in [0.25, 0.3) is 0 Å². The van der Waals surface area contributed by atoms with Crippen LogP contribution in [-0.4, -0.2) is 23.2 Å². The number of thioether (sulfide) groups is 1. The van der Waals surface area contributed by atoms with Gasteiger partial charge in [0.1, 0.15) is 4.75 Å². The van der Waals surface area contributed by atoms with E-state index in [2.05, 4.69) is 19.9 Å². The minimum atomic E-state index is -0.0779. The van der Waals surface area contributed by atoms with Gasteiger partial charge in [-0.2, -0.15) is 5.26 Å². The van der Waals surface area contributed by atoms with Crippen molar-refractivity contribution < 1.29 is 4.74 Å². The molecule has 0 amide bonds. The van der Waals surface area contributed by atoms with Gasteiger partial charge in [-0.15, -0.1) is 11.8 Å². The van der Waals surface area contributed by atoms with E-state index in [4.69, 9.17) is 4.74 Å². The van der Waals surface area contributed by atoms with Gasteiger partial charge >= 0.3 is 0 Å². The van der Waals surface area contributed by atoms with Crippen molar-refractivity contribution in [2.45, 2.75) is 49.5 Å². The Kier molecular flexibility index (Phi) is 3.00. The lowest BCUT2D eigenvalue weighted by Gasteiger charge is -2.54. The van der Waals surface area contributed by atoms with Crippen LogP contribution in [0.4, 0.5) is 0 Å². The summed E-state index contributed by atoms with van der Waals surface area (Å²) in [5.41, 5.74) is 0.454. The lowest BCUT2D eigenvalue weighted by molar-refractivity contribution is -0.0364. The molecule has 1 saturated carbocycles. The molecule has 1 aliphatic carbocycles. The Morgan fingerprint density at radius 1 is 1.27 bits per heavy atom. The Bertz CT molecular complexity index is 268. The molecule has 2 rings (SSSR count). The number of hydrogen-bond donors (Lipinski definition) is 0. The average Bonchev–Trinajstić information content (AvgIpc) is 2.15. The lowest BCUT2D eigenvalue weighted by Crippen LogP contribution is -2.51. The molecule has 84 valence electrons. The summed E-state index contributed by atoms with van der Waals surface area (Å²) < 4.78 is 5.32. The molecule has 0 aromatic carbocycles. The van der Waals surface area contributed by atoms with Crippen molar-refractivity contribution in [1.82, 2.24) is 0 Å². The van der Waals surface area contributed by atoms with Gasteiger partial charge in [0, 0.05) is 18.5 Å². The van der Waals surface area contributed by atoms with E-state index in [0.717, 1.165) is 38.9 Å². The summed E-state index contributed by atoms with van der Waals surface area (Å²) in [5, 5.41) is 9.85. The Morgan fingerprint density at radius 3 is 2.33 bits per heavy atom. The largest absolute Gasteiger partial charge is 0.381 e. The molecule has 15 heavy (non-hydrogen) atoms. The van der Waals surface area contributed by atoms with Gasteiger partial charge in [-0.1, -0.05) is 13.8 Å². The summed E-state index contributed by atoms with van der Waals surface area (Å²) in [7, 11) is 0. The average molecular weight is 225 g/mol. The highest BCUT2D eigenvalue weighted by molar-refractivity contribution is 8.01. The summed E-state index contributed by atoms with van der Waals surface area (Å²) in [4.78, 5) is 0. The molecular weight excluding hydrogens is 206 g/mol. The Morgan fingerprint density at radius 2 is 1.87 bits per heavy atom. The van der Waals surface area contributed by atoms with Gasteiger partial charge in [-0.25, -0.2) is 0 Å². The molecule has 0 aromatic heterocycles. The van der Waals surface area contributed by atoms with Crippen molar-refractivity contribution in [2.24, 2.45) is 5.41 Å². The third-order valence-electron chi connectivity index (χ3n) is 3.54. The van der Waals surface area contributed by atoms with Gasteiger partial charge in [0.05, 0.1) is 6.07 Å². The smallest absolute Gasteiger partial charge is 0.104 e.